The molecule has 10 N–H and O–H groups in total. The zero-order valence-corrected chi connectivity index (χ0v) is 43.4. The fraction of sp³-hybridized carbons (Fsp3) is 0.143. The normalized spacial score (nSPS) is 12.7. The topological polar surface area (TPSA) is 410 Å². The van der Waals surface area contributed by atoms with Gasteiger partial charge in [-0.1, -0.05) is 47.8 Å². The standard InChI is InChI=1S/C42H36Cl2N14O14S4/c1-3-16-45-37-53-40(48-21-8-10-22(11-9-21)74(62,63)64)58-41(55-37)51-25-14-12-23-31(35(25)75(65,66)67)71-33-27(43)30-34(28(44)29(33)49-23)72-32-24(50-30)13-15-26(36(32)76(68,69)70)52-42-56-38(46-17-18-73(59,60)61)54-39(57-42)47-20-6-4-19(2)5-7-20/h4-15H,3,16-18H2,1-2H3,(H,59,60,61)(H,62,63,64)(H,65,66,67)(H,68,69,70)(H3,45,48,51,53,55,58)(H3,46,47,52,54,56,57). The summed E-state index contributed by atoms with van der Waals surface area (Å²) in [5.74, 6) is -3.64. The summed E-state index contributed by atoms with van der Waals surface area (Å²) in [6.07, 6.45) is 0.644. The molecule has 7 aromatic rings. The first-order chi connectivity index (χ1) is 35.8. The number of rotatable bonds is 18. The Bertz CT molecular complexity index is 4130. The lowest BCUT2D eigenvalue weighted by Crippen LogP contribution is -2.23. The monoisotopic (exact) mass is 1160 g/mol. The van der Waals surface area contributed by atoms with Crippen molar-refractivity contribution in [1.29, 1.82) is 0 Å². The predicted octanol–water partition coefficient (Wildman–Crippen LogP) is 6.62. The molecule has 4 heterocycles. The van der Waals surface area contributed by atoms with E-state index >= 15 is 0 Å². The summed E-state index contributed by atoms with van der Waals surface area (Å²) in [6.45, 7) is 3.80. The molecule has 0 amide bonds. The SMILES string of the molecule is CCCNc1nc(Nc2ccc(S(=O)(=O)O)cc2)nc(Nc2ccc3c(c2S(=O)(=O)O)Oc2c(Cl)c4c(c(Cl)c2=N3)Oc2c(ccc(Nc3nc(NCCS(=O)(=O)O)nc(Nc5ccc(C)cc5)n3)c2S(=O)(=O)O)N=4)n1. The van der Waals surface area contributed by atoms with E-state index in [2.05, 4.69) is 71.8 Å². The van der Waals surface area contributed by atoms with Crippen molar-refractivity contribution in [3.8, 4) is 23.0 Å². The van der Waals surface area contributed by atoms with Gasteiger partial charge in [0.1, 0.15) is 32.1 Å². The van der Waals surface area contributed by atoms with Crippen molar-refractivity contribution < 1.29 is 61.4 Å². The third kappa shape index (κ3) is 11.7. The highest BCUT2D eigenvalue weighted by atomic mass is 35.5. The number of anilines is 10. The van der Waals surface area contributed by atoms with Gasteiger partial charge >= 0.3 is 0 Å². The molecule has 76 heavy (non-hydrogen) atoms. The molecule has 0 bridgehead atoms. The number of fused-ring (bicyclic) bond motifs is 4. The Morgan fingerprint density at radius 1 is 0.487 bits per heavy atom. The molecule has 0 spiro atoms. The second kappa shape index (κ2) is 20.5. The molecule has 2 aliphatic heterocycles. The second-order valence-corrected chi connectivity index (χ2v) is 22.5. The van der Waals surface area contributed by atoms with Gasteiger partial charge in [0, 0.05) is 24.5 Å². The molecule has 0 radical (unpaired) electrons. The molecule has 0 fully saturated rings. The van der Waals surface area contributed by atoms with Crippen molar-refractivity contribution in [2.24, 2.45) is 9.98 Å². The van der Waals surface area contributed by atoms with Gasteiger partial charge in [-0.05, 0) is 74.0 Å². The van der Waals surface area contributed by atoms with Crippen LogP contribution in [0.3, 0.4) is 0 Å². The minimum Gasteiger partial charge on any atom is -0.450 e. The average molecular weight is 1160 g/mol. The van der Waals surface area contributed by atoms with Crippen LogP contribution in [0.1, 0.15) is 18.9 Å². The van der Waals surface area contributed by atoms with E-state index in [1.165, 1.54) is 36.4 Å². The van der Waals surface area contributed by atoms with Crippen LogP contribution < -0.4 is 52.1 Å². The van der Waals surface area contributed by atoms with E-state index in [1.54, 1.807) is 24.3 Å². The van der Waals surface area contributed by atoms with Crippen molar-refractivity contribution in [2.75, 3.05) is 50.7 Å². The maximum atomic E-state index is 13.3. The molecular weight excluding hydrogens is 1120 g/mol. The number of benzene rings is 5. The molecule has 2 aliphatic rings. The maximum absolute atomic E-state index is 13.3. The fourth-order valence-corrected chi connectivity index (χ4v) is 10.1. The summed E-state index contributed by atoms with van der Waals surface area (Å²) < 4.78 is 151. The van der Waals surface area contributed by atoms with Gasteiger partial charge in [0.15, 0.2) is 32.8 Å². The lowest BCUT2D eigenvalue weighted by molar-refractivity contribution is 0.428. The molecule has 2 aromatic heterocycles. The molecule has 28 nitrogen and oxygen atoms in total. The van der Waals surface area contributed by atoms with Crippen LogP contribution in [0.2, 0.25) is 10.0 Å². The van der Waals surface area contributed by atoms with Crippen LogP contribution in [0.15, 0.2) is 97.5 Å². The molecule has 0 atom stereocenters. The van der Waals surface area contributed by atoms with Gasteiger partial charge in [-0.3, -0.25) is 18.2 Å². The number of ether oxygens (including phenoxy) is 2. The Hall–Kier alpha value is -7.66. The predicted molar refractivity (Wildman–Crippen MR) is 275 cm³/mol. The highest BCUT2D eigenvalue weighted by molar-refractivity contribution is 7.86. The number of halogens is 2. The van der Waals surface area contributed by atoms with Crippen molar-refractivity contribution in [3.63, 3.8) is 0 Å². The van der Waals surface area contributed by atoms with Gasteiger partial charge < -0.3 is 41.4 Å². The first-order valence-corrected chi connectivity index (χ1v) is 28.3. The van der Waals surface area contributed by atoms with Crippen LogP contribution in [0, 0.1) is 6.92 Å². The quantitative estimate of drug-likeness (QED) is 0.0403. The van der Waals surface area contributed by atoms with Crippen LogP contribution in [-0.2, 0) is 40.5 Å². The first-order valence-electron chi connectivity index (χ1n) is 21.6. The summed E-state index contributed by atoms with van der Waals surface area (Å²) in [4.78, 5) is 32.5. The summed E-state index contributed by atoms with van der Waals surface area (Å²) in [5, 5.41) is 15.6. The number of hydrogen-bond acceptors (Lipinski definition) is 24. The minimum atomic E-state index is -5.26. The average Bonchev–Trinajstić information content (AvgIpc) is 3.39. The molecule has 34 heteroatoms. The molecule has 396 valence electrons. The Morgan fingerprint density at radius 3 is 1.28 bits per heavy atom. The van der Waals surface area contributed by atoms with Gasteiger partial charge in [-0.25, -0.2) is 9.98 Å². The smallest absolute Gasteiger partial charge is 0.300 e. The zero-order valence-electron chi connectivity index (χ0n) is 38.6. The lowest BCUT2D eigenvalue weighted by atomic mass is 10.2. The van der Waals surface area contributed by atoms with E-state index in [0.29, 0.717) is 18.7 Å². The van der Waals surface area contributed by atoms with E-state index in [0.717, 1.165) is 17.7 Å². The Balaban J connectivity index is 1.07. The maximum Gasteiger partial charge on any atom is 0.300 e. The summed E-state index contributed by atoms with van der Waals surface area (Å²) in [5.41, 5.74) is 0.594. The molecule has 0 unspecified atom stereocenters. The Morgan fingerprint density at radius 2 is 0.882 bits per heavy atom. The third-order valence-electron chi connectivity index (χ3n) is 10.5. The van der Waals surface area contributed by atoms with Gasteiger partial charge in [-0.2, -0.15) is 63.6 Å². The number of aromatic nitrogens is 6. The fourth-order valence-electron chi connectivity index (χ4n) is 7.15. The van der Waals surface area contributed by atoms with Crippen LogP contribution in [-0.4, -0.2) is 101 Å². The molecule has 9 rings (SSSR count). The van der Waals surface area contributed by atoms with Crippen LogP contribution >= 0.6 is 23.2 Å². The van der Waals surface area contributed by atoms with E-state index < -0.39 is 67.5 Å². The number of nitrogens with zero attached hydrogens (tertiary/aromatic N) is 8. The molecule has 5 aromatic carbocycles. The Labute approximate surface area is 440 Å². The van der Waals surface area contributed by atoms with E-state index in [1.807, 2.05) is 13.8 Å². The third-order valence-corrected chi connectivity index (χ3v) is 14.6. The van der Waals surface area contributed by atoms with Gasteiger partial charge in [-0.15, -0.1) is 0 Å². The van der Waals surface area contributed by atoms with Gasteiger partial charge in [0.25, 0.3) is 40.5 Å². The van der Waals surface area contributed by atoms with Crippen LogP contribution in [0.25, 0.3) is 0 Å². The number of aryl methyl sites for hydroxylation is 1. The zero-order chi connectivity index (χ0) is 54.5. The van der Waals surface area contributed by atoms with Gasteiger partial charge in [0.2, 0.25) is 35.7 Å². The van der Waals surface area contributed by atoms with Crippen molar-refractivity contribution in [2.45, 2.75) is 35.0 Å². The second-order valence-electron chi connectivity index (χ2n) is 16.1. The number of nitrogens with one attached hydrogen (secondary N) is 6. The number of hydrogen-bond donors (Lipinski definition) is 10. The Kier molecular flexibility index (Phi) is 14.3. The molecule has 0 saturated heterocycles. The lowest BCUT2D eigenvalue weighted by Gasteiger charge is -2.24. The van der Waals surface area contributed by atoms with Crippen LogP contribution in [0.5, 0.6) is 23.0 Å². The highest BCUT2D eigenvalue weighted by Gasteiger charge is 2.35. The highest BCUT2D eigenvalue weighted by Crippen LogP contribution is 2.49. The van der Waals surface area contributed by atoms with E-state index in [9.17, 15) is 51.9 Å². The molecule has 0 aliphatic carbocycles. The van der Waals surface area contributed by atoms with Crippen molar-refractivity contribution >= 4 is 133 Å². The van der Waals surface area contributed by atoms with Gasteiger partial charge in [0.05, 0.1) is 22.0 Å². The summed E-state index contributed by atoms with van der Waals surface area (Å²) >= 11 is 13.8. The van der Waals surface area contributed by atoms with E-state index in [4.69, 9.17) is 32.7 Å². The van der Waals surface area contributed by atoms with Crippen molar-refractivity contribution in [3.05, 3.63) is 99.1 Å². The van der Waals surface area contributed by atoms with E-state index in [-0.39, 0.29) is 108 Å². The molecular formula is C42H36Cl2N14O14S4. The largest absolute Gasteiger partial charge is 0.450 e. The summed E-state index contributed by atoms with van der Waals surface area (Å²) in [6, 6.07) is 16.9. The van der Waals surface area contributed by atoms with Crippen LogP contribution in [0.4, 0.5) is 69.8 Å². The molecule has 0 saturated carbocycles. The minimum absolute atomic E-state index is 0.0152. The first kappa shape index (κ1) is 53.2. The summed E-state index contributed by atoms with van der Waals surface area (Å²) in [7, 11) is -19.4. The van der Waals surface area contributed by atoms with Crippen molar-refractivity contribution in [1.82, 2.24) is 29.9 Å².